The molecular formula is C37H43N5O7S. The van der Waals surface area contributed by atoms with Crippen LogP contribution in [0.1, 0.15) is 62.6 Å². The highest BCUT2D eigenvalue weighted by atomic mass is 32.2. The smallest absolute Gasteiger partial charge is 0.411 e. The van der Waals surface area contributed by atoms with Crippen LogP contribution in [-0.4, -0.2) is 81.6 Å². The Bertz CT molecular complexity index is 1880. The molecular weight excluding hydrogens is 659 g/mol. The largest absolute Gasteiger partial charge is 0.495 e. The van der Waals surface area contributed by atoms with Gasteiger partial charge < -0.3 is 24.0 Å². The van der Waals surface area contributed by atoms with Crippen LogP contribution in [0.4, 0.5) is 10.5 Å². The number of hydrogen-bond acceptors (Lipinski definition) is 10. The lowest BCUT2D eigenvalue weighted by Gasteiger charge is -2.40. The molecule has 12 nitrogen and oxygen atoms in total. The number of anilines is 1. The van der Waals surface area contributed by atoms with Crippen LogP contribution in [0.15, 0.2) is 65.7 Å². The first-order valence-electron chi connectivity index (χ1n) is 17.3. The van der Waals surface area contributed by atoms with Crippen LogP contribution in [0.3, 0.4) is 0 Å². The molecule has 1 atom stereocenters. The summed E-state index contributed by atoms with van der Waals surface area (Å²) >= 11 is 0. The van der Waals surface area contributed by atoms with Gasteiger partial charge in [-0.2, -0.15) is 9.57 Å². The van der Waals surface area contributed by atoms with Crippen molar-refractivity contribution in [1.29, 1.82) is 5.26 Å². The van der Waals surface area contributed by atoms with Crippen LogP contribution in [0.25, 0.3) is 0 Å². The number of carbonyl (C=O) groups is 2. The first kappa shape index (κ1) is 35.2. The molecule has 0 bridgehead atoms. The Labute approximate surface area is 293 Å². The Morgan fingerprint density at radius 2 is 1.68 bits per heavy atom. The van der Waals surface area contributed by atoms with Crippen LogP contribution in [0.2, 0.25) is 0 Å². The van der Waals surface area contributed by atoms with Gasteiger partial charge in [-0.05, 0) is 113 Å². The molecule has 3 aromatic rings. The number of rotatable bonds is 10. The number of nitriles is 1. The monoisotopic (exact) mass is 701 g/mol. The van der Waals surface area contributed by atoms with E-state index in [-0.39, 0.29) is 45.5 Å². The van der Waals surface area contributed by atoms with E-state index in [4.69, 9.17) is 14.2 Å². The van der Waals surface area contributed by atoms with Crippen molar-refractivity contribution in [1.82, 2.24) is 14.8 Å². The van der Waals surface area contributed by atoms with E-state index in [2.05, 4.69) is 22.9 Å². The number of nitrogens with zero attached hydrogens (tertiary/aromatic N) is 5. The van der Waals surface area contributed by atoms with E-state index in [1.807, 2.05) is 0 Å². The van der Waals surface area contributed by atoms with Crippen LogP contribution in [0.5, 0.6) is 11.6 Å². The van der Waals surface area contributed by atoms with Crippen LogP contribution in [0, 0.1) is 23.2 Å². The Balaban J connectivity index is 1.39. The van der Waals surface area contributed by atoms with E-state index in [9.17, 15) is 18.5 Å². The van der Waals surface area contributed by atoms with Gasteiger partial charge >= 0.3 is 6.09 Å². The molecule has 4 heterocycles. The maximum absolute atomic E-state index is 15.1. The Hall–Kier alpha value is -4.67. The standard InChI is InChI=1S/C37H43N5O7S/c1-4-19-40-20-14-27(15-21-40)28-16-22-41(23-17-28)36(44)49-37(29-9-8-18-39-34(29)48-5-2)30-24-26(25-38)12-13-31(30)42(35(37)43)50(45,46)33-11-7-6-10-32(33)47-3/h6-13,18,24,27-28H,4-5,14-17,19-23H2,1-3H3. The minimum absolute atomic E-state index is 0.00544. The van der Waals surface area contributed by atoms with Crippen molar-refractivity contribution in [2.45, 2.75) is 56.4 Å². The van der Waals surface area contributed by atoms with Crippen molar-refractivity contribution in [2.75, 3.05) is 50.7 Å². The summed E-state index contributed by atoms with van der Waals surface area (Å²) in [6.45, 7) is 8.29. The summed E-state index contributed by atoms with van der Waals surface area (Å²) in [5, 5.41) is 9.91. The molecule has 2 aromatic carbocycles. The SMILES string of the molecule is CCCN1CCC(C2CCN(C(=O)OC3(c4cccnc4OCC)C(=O)N(S(=O)(=O)c4ccccc4OC)c4ccc(C#N)cc43)CC2)CC1. The zero-order chi connectivity index (χ0) is 35.5. The molecule has 13 heteroatoms. The van der Waals surface area contributed by atoms with Gasteiger partial charge in [-0.15, -0.1) is 0 Å². The second-order valence-electron chi connectivity index (χ2n) is 12.9. The molecule has 50 heavy (non-hydrogen) atoms. The number of para-hydroxylation sites is 1. The fourth-order valence-electron chi connectivity index (χ4n) is 7.64. The molecule has 1 aromatic heterocycles. The third-order valence-electron chi connectivity index (χ3n) is 10.1. The predicted molar refractivity (Wildman–Crippen MR) is 185 cm³/mol. The first-order valence-corrected chi connectivity index (χ1v) is 18.7. The molecule has 0 spiro atoms. The molecule has 0 N–H and O–H groups in total. The second kappa shape index (κ2) is 14.7. The summed E-state index contributed by atoms with van der Waals surface area (Å²) in [7, 11) is -3.31. The average Bonchev–Trinajstić information content (AvgIpc) is 3.39. The predicted octanol–water partition coefficient (Wildman–Crippen LogP) is 5.31. The maximum atomic E-state index is 15.1. The van der Waals surface area contributed by atoms with Gasteiger partial charge in [0.1, 0.15) is 10.6 Å². The molecule has 264 valence electrons. The van der Waals surface area contributed by atoms with Gasteiger partial charge in [0.05, 0.1) is 36.6 Å². The normalized spacial score (nSPS) is 20.3. The number of amides is 2. The third-order valence-corrected chi connectivity index (χ3v) is 11.8. The summed E-state index contributed by atoms with van der Waals surface area (Å²) in [5.74, 6) is 0.0327. The Morgan fingerprint density at radius 3 is 2.34 bits per heavy atom. The fourth-order valence-corrected chi connectivity index (χ4v) is 9.26. The topological polar surface area (TPSA) is 142 Å². The van der Waals surface area contributed by atoms with Crippen molar-refractivity contribution in [3.63, 3.8) is 0 Å². The number of ether oxygens (including phenoxy) is 3. The molecule has 0 saturated carbocycles. The highest BCUT2D eigenvalue weighted by molar-refractivity contribution is 7.93. The van der Waals surface area contributed by atoms with E-state index < -0.39 is 27.6 Å². The van der Waals surface area contributed by atoms with E-state index in [1.54, 1.807) is 24.0 Å². The zero-order valence-electron chi connectivity index (χ0n) is 28.7. The van der Waals surface area contributed by atoms with Crippen molar-refractivity contribution < 1.29 is 32.2 Å². The number of benzene rings is 2. The van der Waals surface area contributed by atoms with Crippen LogP contribution < -0.4 is 13.8 Å². The molecule has 1 unspecified atom stereocenters. The molecule has 2 amide bonds. The third kappa shape index (κ3) is 6.26. The van der Waals surface area contributed by atoms with Gasteiger partial charge in [-0.1, -0.05) is 19.1 Å². The number of sulfonamides is 1. The van der Waals surface area contributed by atoms with Crippen molar-refractivity contribution in [3.8, 4) is 17.7 Å². The first-order chi connectivity index (χ1) is 24.2. The van der Waals surface area contributed by atoms with Crippen molar-refractivity contribution in [3.05, 3.63) is 77.5 Å². The van der Waals surface area contributed by atoms with E-state index >= 15 is 4.79 Å². The number of aromatic nitrogens is 1. The minimum atomic E-state index is -4.65. The summed E-state index contributed by atoms with van der Waals surface area (Å²) in [5.41, 5.74) is -2.22. The van der Waals surface area contributed by atoms with Gasteiger partial charge in [-0.3, -0.25) is 4.79 Å². The quantitative estimate of drug-likeness (QED) is 0.273. The van der Waals surface area contributed by atoms with Crippen molar-refractivity contribution >= 4 is 27.7 Å². The highest BCUT2D eigenvalue weighted by Crippen LogP contribution is 2.52. The van der Waals surface area contributed by atoms with Gasteiger partial charge in [0, 0.05) is 24.8 Å². The number of carbonyl (C=O) groups excluding carboxylic acids is 2. The number of pyridine rings is 1. The van der Waals surface area contributed by atoms with Gasteiger partial charge in [0.15, 0.2) is 0 Å². The van der Waals surface area contributed by atoms with E-state index in [0.717, 1.165) is 51.7 Å². The molecule has 0 radical (unpaired) electrons. The number of methoxy groups -OCH3 is 1. The van der Waals surface area contributed by atoms with Gasteiger partial charge in [-0.25, -0.2) is 18.2 Å². The molecule has 0 aliphatic carbocycles. The van der Waals surface area contributed by atoms with Crippen LogP contribution in [-0.2, 0) is 25.2 Å². The number of fused-ring (bicyclic) bond motifs is 1. The zero-order valence-corrected chi connectivity index (χ0v) is 29.5. The Kier molecular flexibility index (Phi) is 10.3. The lowest BCUT2D eigenvalue weighted by atomic mass is 9.79. The summed E-state index contributed by atoms with van der Waals surface area (Å²) in [4.78, 5) is 37.5. The van der Waals surface area contributed by atoms with Gasteiger partial charge in [0.2, 0.25) is 5.88 Å². The molecule has 3 aliphatic rings. The maximum Gasteiger partial charge on any atom is 0.411 e. The lowest BCUT2D eigenvalue weighted by molar-refractivity contribution is -0.132. The second-order valence-corrected chi connectivity index (χ2v) is 14.7. The Morgan fingerprint density at radius 1 is 0.980 bits per heavy atom. The van der Waals surface area contributed by atoms with E-state index in [0.29, 0.717) is 29.2 Å². The lowest BCUT2D eigenvalue weighted by Crippen LogP contribution is -2.50. The summed E-state index contributed by atoms with van der Waals surface area (Å²) in [6.07, 6.45) is 5.73. The van der Waals surface area contributed by atoms with E-state index in [1.165, 1.54) is 55.8 Å². The summed E-state index contributed by atoms with van der Waals surface area (Å²) in [6, 6.07) is 15.3. The summed E-state index contributed by atoms with van der Waals surface area (Å²) < 4.78 is 47.1. The molecule has 2 saturated heterocycles. The molecule has 3 aliphatic heterocycles. The minimum Gasteiger partial charge on any atom is -0.495 e. The number of piperidine rings is 2. The average molecular weight is 702 g/mol. The molecule has 2 fully saturated rings. The molecule has 6 rings (SSSR count). The fraction of sp³-hybridized carbons (Fsp3) is 0.459. The highest BCUT2D eigenvalue weighted by Gasteiger charge is 2.61. The van der Waals surface area contributed by atoms with Crippen molar-refractivity contribution in [2.24, 2.45) is 11.8 Å². The van der Waals surface area contributed by atoms with Gasteiger partial charge in [0.25, 0.3) is 21.5 Å². The number of hydrogen-bond donors (Lipinski definition) is 0. The van der Waals surface area contributed by atoms with Crippen LogP contribution >= 0.6 is 0 Å². The number of likely N-dealkylation sites (tertiary alicyclic amines) is 2.